The van der Waals surface area contributed by atoms with E-state index in [-0.39, 0.29) is 36.1 Å². The number of halogens is 1. The Morgan fingerprint density at radius 1 is 1.03 bits per heavy atom. The van der Waals surface area contributed by atoms with E-state index in [1.807, 2.05) is 9.80 Å². The maximum Gasteiger partial charge on any atom is 0.242 e. The van der Waals surface area contributed by atoms with Gasteiger partial charge in [-0.1, -0.05) is 12.8 Å². The normalized spacial score (nSPS) is 20.5. The van der Waals surface area contributed by atoms with Crippen molar-refractivity contribution in [3.63, 3.8) is 0 Å². The van der Waals surface area contributed by atoms with E-state index in [1.54, 1.807) is 23.5 Å². The van der Waals surface area contributed by atoms with E-state index in [4.69, 9.17) is 4.74 Å². The minimum atomic E-state index is -0.308. The molecule has 1 saturated carbocycles. The zero-order valence-corrected chi connectivity index (χ0v) is 21.7. The Kier molecular flexibility index (Phi) is 8.22. The summed E-state index contributed by atoms with van der Waals surface area (Å²) in [5.41, 5.74) is 1.12. The van der Waals surface area contributed by atoms with Gasteiger partial charge >= 0.3 is 0 Å². The molecule has 1 unspecified atom stereocenters. The minimum absolute atomic E-state index is 0.0210. The highest BCUT2D eigenvalue weighted by Gasteiger charge is 2.35. The summed E-state index contributed by atoms with van der Waals surface area (Å²) in [6.07, 6.45) is 7.30. The summed E-state index contributed by atoms with van der Waals surface area (Å²) in [5.74, 6) is 0.450. The number of carbonyl (C=O) groups is 2. The molecule has 36 heavy (non-hydrogen) atoms. The summed E-state index contributed by atoms with van der Waals surface area (Å²) in [5, 5.41) is 2.06. The number of thiophene rings is 1. The van der Waals surface area contributed by atoms with Gasteiger partial charge in [0, 0.05) is 30.4 Å². The van der Waals surface area contributed by atoms with Gasteiger partial charge in [0.1, 0.15) is 18.2 Å². The van der Waals surface area contributed by atoms with Crippen molar-refractivity contribution in [1.29, 1.82) is 0 Å². The molecule has 0 N–H and O–H groups in total. The molecule has 2 aromatic rings. The second-order valence-corrected chi connectivity index (χ2v) is 11.2. The predicted octanol–water partition coefficient (Wildman–Crippen LogP) is 4.51. The lowest BCUT2D eigenvalue weighted by atomic mass is 10.00. The number of nitrogens with zero attached hydrogens (tertiary/aromatic N) is 3. The smallest absolute Gasteiger partial charge is 0.242 e. The van der Waals surface area contributed by atoms with Crippen molar-refractivity contribution in [2.75, 3.05) is 45.9 Å². The van der Waals surface area contributed by atoms with Crippen LogP contribution in [0, 0.1) is 11.7 Å². The van der Waals surface area contributed by atoms with Gasteiger partial charge in [0.25, 0.3) is 0 Å². The van der Waals surface area contributed by atoms with E-state index in [0.717, 1.165) is 57.3 Å². The molecule has 8 heteroatoms. The molecule has 3 aliphatic rings. The van der Waals surface area contributed by atoms with Gasteiger partial charge < -0.3 is 19.4 Å². The summed E-state index contributed by atoms with van der Waals surface area (Å²) in [6.45, 7) is 4.62. The molecule has 194 valence electrons. The lowest BCUT2D eigenvalue weighted by molar-refractivity contribution is -0.144. The highest BCUT2D eigenvalue weighted by atomic mass is 32.1. The van der Waals surface area contributed by atoms with Crippen molar-refractivity contribution in [1.82, 2.24) is 14.7 Å². The van der Waals surface area contributed by atoms with Gasteiger partial charge in [-0.25, -0.2) is 4.39 Å². The van der Waals surface area contributed by atoms with Gasteiger partial charge in [0.2, 0.25) is 11.8 Å². The second-order valence-electron chi connectivity index (χ2n) is 10.2. The number of likely N-dealkylation sites (tertiary alicyclic amines) is 1. The first-order valence-electron chi connectivity index (χ1n) is 13.3. The Labute approximate surface area is 217 Å². The van der Waals surface area contributed by atoms with E-state index in [9.17, 15) is 14.0 Å². The van der Waals surface area contributed by atoms with E-state index in [0.29, 0.717) is 25.4 Å². The van der Waals surface area contributed by atoms with Crippen molar-refractivity contribution in [2.24, 2.45) is 5.92 Å². The molecule has 1 aromatic heterocycles. The fourth-order valence-corrected chi connectivity index (χ4v) is 6.73. The van der Waals surface area contributed by atoms with Crippen molar-refractivity contribution in [2.45, 2.75) is 51.0 Å². The third-order valence-corrected chi connectivity index (χ3v) is 8.86. The molecule has 1 atom stereocenters. The third-order valence-electron chi connectivity index (χ3n) is 7.86. The van der Waals surface area contributed by atoms with Crippen molar-refractivity contribution in [3.05, 3.63) is 52.0 Å². The van der Waals surface area contributed by atoms with Gasteiger partial charge in [-0.05, 0) is 86.5 Å². The highest BCUT2D eigenvalue weighted by molar-refractivity contribution is 7.10. The van der Waals surface area contributed by atoms with Crippen LogP contribution < -0.4 is 4.74 Å². The highest BCUT2D eigenvalue weighted by Crippen LogP contribution is 2.34. The largest absolute Gasteiger partial charge is 0.491 e. The van der Waals surface area contributed by atoms with Gasteiger partial charge in [0.15, 0.2) is 0 Å². The van der Waals surface area contributed by atoms with Crippen LogP contribution in [0.15, 0.2) is 35.7 Å². The minimum Gasteiger partial charge on any atom is -0.491 e. The number of benzene rings is 1. The summed E-state index contributed by atoms with van der Waals surface area (Å²) >= 11 is 1.71. The van der Waals surface area contributed by atoms with Crippen LogP contribution in [0.1, 0.15) is 55.0 Å². The fourth-order valence-electron chi connectivity index (χ4n) is 5.80. The van der Waals surface area contributed by atoms with Gasteiger partial charge in [0.05, 0.1) is 12.6 Å². The number of fused-ring (bicyclic) bond motifs is 1. The molecule has 1 aromatic carbocycles. The van der Waals surface area contributed by atoms with Crippen molar-refractivity contribution >= 4 is 23.2 Å². The van der Waals surface area contributed by atoms with Gasteiger partial charge in [-0.2, -0.15) is 0 Å². The summed E-state index contributed by atoms with van der Waals surface area (Å²) in [7, 11) is 0. The second kappa shape index (κ2) is 11.7. The van der Waals surface area contributed by atoms with Crippen LogP contribution >= 0.6 is 11.3 Å². The number of ether oxygens (including phenoxy) is 1. The molecule has 2 fully saturated rings. The maximum absolute atomic E-state index is 13.7. The Morgan fingerprint density at radius 2 is 1.78 bits per heavy atom. The standard InChI is InChI=1S/C28H36FN3O3S/c29-22-7-9-23(10-8-22)35-20-25-24-12-18-36-26(24)11-15-32(25)27(33)19-31(17-16-30-13-3-4-14-30)28(34)21-5-1-2-6-21/h7-10,12,18,21,25H,1-6,11,13-17,19-20H2. The lowest BCUT2D eigenvalue weighted by Gasteiger charge is -2.37. The zero-order valence-electron chi connectivity index (χ0n) is 20.9. The number of amides is 2. The predicted molar refractivity (Wildman–Crippen MR) is 139 cm³/mol. The summed E-state index contributed by atoms with van der Waals surface area (Å²) < 4.78 is 19.3. The molecule has 0 bridgehead atoms. The van der Waals surface area contributed by atoms with Crippen LogP contribution in [0.25, 0.3) is 0 Å². The molecule has 0 spiro atoms. The third kappa shape index (κ3) is 5.92. The van der Waals surface area contributed by atoms with Crippen LogP contribution in [-0.2, 0) is 16.0 Å². The fraction of sp³-hybridized carbons (Fsp3) is 0.571. The topological polar surface area (TPSA) is 53.1 Å². The van der Waals surface area contributed by atoms with E-state index in [2.05, 4.69) is 16.3 Å². The van der Waals surface area contributed by atoms with Crippen LogP contribution in [0.2, 0.25) is 0 Å². The summed E-state index contributed by atoms with van der Waals surface area (Å²) in [4.78, 5) is 34.6. The van der Waals surface area contributed by atoms with Crippen LogP contribution in [0.4, 0.5) is 4.39 Å². The van der Waals surface area contributed by atoms with Gasteiger partial charge in [-0.15, -0.1) is 11.3 Å². The Hall–Kier alpha value is -2.45. The van der Waals surface area contributed by atoms with E-state index in [1.165, 1.54) is 29.9 Å². The molecule has 6 nitrogen and oxygen atoms in total. The zero-order chi connectivity index (χ0) is 24.9. The van der Waals surface area contributed by atoms with Crippen molar-refractivity contribution in [3.8, 4) is 5.75 Å². The SMILES string of the molecule is O=C(C1CCCC1)N(CCN1CCCC1)CC(=O)N1CCc2sccc2C1COc1ccc(F)cc1. The number of carbonyl (C=O) groups excluding carboxylic acids is 2. The van der Waals surface area contributed by atoms with Crippen molar-refractivity contribution < 1.29 is 18.7 Å². The maximum atomic E-state index is 13.7. The number of rotatable bonds is 9. The number of hydrogen-bond donors (Lipinski definition) is 0. The molecule has 2 amide bonds. The van der Waals surface area contributed by atoms with Crippen LogP contribution in [-0.4, -0.2) is 72.4 Å². The molecule has 2 aliphatic heterocycles. The molecule has 5 rings (SSSR count). The molecular weight excluding hydrogens is 477 g/mol. The Morgan fingerprint density at radius 3 is 2.53 bits per heavy atom. The van der Waals surface area contributed by atoms with Crippen LogP contribution in [0.5, 0.6) is 5.75 Å². The first-order valence-corrected chi connectivity index (χ1v) is 14.2. The molecule has 0 radical (unpaired) electrons. The molecule has 1 saturated heterocycles. The lowest BCUT2D eigenvalue weighted by Crippen LogP contribution is -2.50. The molecule has 1 aliphatic carbocycles. The van der Waals surface area contributed by atoms with E-state index >= 15 is 0 Å². The number of hydrogen-bond acceptors (Lipinski definition) is 5. The Bertz CT molecular complexity index is 1030. The monoisotopic (exact) mass is 513 g/mol. The first kappa shape index (κ1) is 25.2. The summed E-state index contributed by atoms with van der Waals surface area (Å²) in [6, 6.07) is 7.83. The first-order chi connectivity index (χ1) is 17.6. The van der Waals surface area contributed by atoms with Gasteiger partial charge in [-0.3, -0.25) is 9.59 Å². The van der Waals surface area contributed by atoms with E-state index < -0.39 is 0 Å². The van der Waals surface area contributed by atoms with Crippen LogP contribution in [0.3, 0.4) is 0 Å². The molecule has 3 heterocycles. The average Bonchev–Trinajstić information content (AvgIpc) is 3.68. The average molecular weight is 514 g/mol. The Balaban J connectivity index is 1.29. The molecular formula is C28H36FN3O3S. The quantitative estimate of drug-likeness (QED) is 0.495.